The molecule has 4 heteroatoms. The minimum Gasteiger partial charge on any atom is -0.380 e. The highest BCUT2D eigenvalue weighted by Crippen LogP contribution is 2.22. The third-order valence-electron chi connectivity index (χ3n) is 4.62. The number of piperidine rings is 1. The molecule has 2 heterocycles. The Morgan fingerprint density at radius 3 is 2.95 bits per heavy atom. The highest BCUT2D eigenvalue weighted by molar-refractivity contribution is 4.86. The maximum Gasteiger partial charge on any atom is 0.0724 e. The fourth-order valence-electron chi connectivity index (χ4n) is 3.24. The van der Waals surface area contributed by atoms with Crippen molar-refractivity contribution in [2.75, 3.05) is 46.5 Å². The number of ether oxygens (including phenoxy) is 2. The molecule has 112 valence electrons. The number of methoxy groups -OCH3 is 1. The van der Waals surface area contributed by atoms with Crippen LogP contribution in [0.1, 0.15) is 26.7 Å². The van der Waals surface area contributed by atoms with Gasteiger partial charge in [0.15, 0.2) is 0 Å². The molecule has 0 bridgehead atoms. The summed E-state index contributed by atoms with van der Waals surface area (Å²) in [5, 5.41) is 3.62. The molecular weight excluding hydrogens is 240 g/mol. The summed E-state index contributed by atoms with van der Waals surface area (Å²) in [6.07, 6.45) is 2.84. The first-order chi connectivity index (χ1) is 9.24. The monoisotopic (exact) mass is 270 g/mol. The molecule has 0 saturated carbocycles. The van der Waals surface area contributed by atoms with Crippen molar-refractivity contribution in [3.63, 3.8) is 0 Å². The van der Waals surface area contributed by atoms with Crippen molar-refractivity contribution in [1.29, 1.82) is 0 Å². The second-order valence-electron chi connectivity index (χ2n) is 6.16. The second kappa shape index (κ2) is 7.58. The van der Waals surface area contributed by atoms with Gasteiger partial charge < -0.3 is 19.7 Å². The summed E-state index contributed by atoms with van der Waals surface area (Å²) in [7, 11) is 1.84. The van der Waals surface area contributed by atoms with Crippen molar-refractivity contribution in [2.45, 2.75) is 38.8 Å². The van der Waals surface area contributed by atoms with Crippen molar-refractivity contribution in [2.24, 2.45) is 11.8 Å². The van der Waals surface area contributed by atoms with Gasteiger partial charge in [0.2, 0.25) is 0 Å². The van der Waals surface area contributed by atoms with E-state index in [-0.39, 0.29) is 0 Å². The van der Waals surface area contributed by atoms with Gasteiger partial charge in [-0.05, 0) is 31.8 Å². The topological polar surface area (TPSA) is 33.7 Å². The third-order valence-corrected chi connectivity index (χ3v) is 4.62. The van der Waals surface area contributed by atoms with Crippen molar-refractivity contribution >= 4 is 0 Å². The number of nitrogens with one attached hydrogen (secondary N) is 1. The molecule has 19 heavy (non-hydrogen) atoms. The lowest BCUT2D eigenvalue weighted by atomic mass is 9.94. The number of nitrogens with zero attached hydrogens (tertiary/aromatic N) is 1. The van der Waals surface area contributed by atoms with Gasteiger partial charge in [0.05, 0.1) is 19.3 Å². The molecule has 0 radical (unpaired) electrons. The predicted molar refractivity (Wildman–Crippen MR) is 77.4 cm³/mol. The first-order valence-electron chi connectivity index (χ1n) is 7.80. The minimum atomic E-state index is 0.401. The third kappa shape index (κ3) is 4.15. The fraction of sp³-hybridized carbons (Fsp3) is 1.00. The SMILES string of the molecule is CCCNC1COCC1CN1CCC(C)C(OC)C1. The summed E-state index contributed by atoms with van der Waals surface area (Å²) >= 11 is 0. The van der Waals surface area contributed by atoms with E-state index in [0.29, 0.717) is 24.0 Å². The highest BCUT2D eigenvalue weighted by atomic mass is 16.5. The average Bonchev–Trinajstić information content (AvgIpc) is 2.86. The Bertz CT molecular complexity index is 263. The molecule has 2 aliphatic heterocycles. The highest BCUT2D eigenvalue weighted by Gasteiger charge is 2.32. The number of hydrogen-bond acceptors (Lipinski definition) is 4. The van der Waals surface area contributed by atoms with Gasteiger partial charge in [-0.2, -0.15) is 0 Å². The molecule has 0 amide bonds. The molecule has 0 aromatic rings. The second-order valence-corrected chi connectivity index (χ2v) is 6.16. The van der Waals surface area contributed by atoms with E-state index in [9.17, 15) is 0 Å². The normalized spacial score (nSPS) is 36.8. The summed E-state index contributed by atoms with van der Waals surface area (Å²) in [5.41, 5.74) is 0. The van der Waals surface area contributed by atoms with Gasteiger partial charge in [-0.1, -0.05) is 13.8 Å². The van der Waals surface area contributed by atoms with Gasteiger partial charge in [0.25, 0.3) is 0 Å². The zero-order valence-corrected chi connectivity index (χ0v) is 12.7. The lowest BCUT2D eigenvalue weighted by molar-refractivity contribution is -0.0103. The molecule has 4 atom stereocenters. The molecule has 2 rings (SSSR count). The Labute approximate surface area is 117 Å². The minimum absolute atomic E-state index is 0.401. The maximum atomic E-state index is 5.66. The van der Waals surface area contributed by atoms with Crippen LogP contribution in [0.4, 0.5) is 0 Å². The largest absolute Gasteiger partial charge is 0.380 e. The van der Waals surface area contributed by atoms with E-state index in [2.05, 4.69) is 24.1 Å². The van der Waals surface area contributed by atoms with Crippen LogP contribution < -0.4 is 5.32 Å². The lowest BCUT2D eigenvalue weighted by Gasteiger charge is -2.38. The molecule has 0 aromatic heterocycles. The van der Waals surface area contributed by atoms with Crippen molar-refractivity contribution < 1.29 is 9.47 Å². The van der Waals surface area contributed by atoms with Crippen molar-refractivity contribution in [1.82, 2.24) is 10.2 Å². The van der Waals surface area contributed by atoms with E-state index in [0.717, 1.165) is 32.8 Å². The van der Waals surface area contributed by atoms with Crippen LogP contribution in [0.25, 0.3) is 0 Å². The van der Waals surface area contributed by atoms with E-state index in [1.807, 2.05) is 7.11 Å². The molecule has 0 aliphatic carbocycles. The zero-order chi connectivity index (χ0) is 13.7. The molecule has 0 aromatic carbocycles. The smallest absolute Gasteiger partial charge is 0.0724 e. The number of likely N-dealkylation sites (tertiary alicyclic amines) is 1. The van der Waals surface area contributed by atoms with Crippen molar-refractivity contribution in [3.8, 4) is 0 Å². The van der Waals surface area contributed by atoms with Gasteiger partial charge in [0, 0.05) is 32.2 Å². The molecule has 4 unspecified atom stereocenters. The molecular formula is C15H30N2O2. The van der Waals surface area contributed by atoms with Crippen LogP contribution in [0.5, 0.6) is 0 Å². The van der Waals surface area contributed by atoms with Crippen LogP contribution in [0.3, 0.4) is 0 Å². The van der Waals surface area contributed by atoms with Crippen LogP contribution in [0.15, 0.2) is 0 Å². The summed E-state index contributed by atoms with van der Waals surface area (Å²) in [4.78, 5) is 2.56. The summed E-state index contributed by atoms with van der Waals surface area (Å²) in [6.45, 7) is 10.8. The summed E-state index contributed by atoms with van der Waals surface area (Å²) in [5.74, 6) is 1.33. The van der Waals surface area contributed by atoms with Gasteiger partial charge in [0.1, 0.15) is 0 Å². The van der Waals surface area contributed by atoms with E-state index in [1.54, 1.807) is 0 Å². The Hall–Kier alpha value is -0.160. The maximum absolute atomic E-state index is 5.66. The van der Waals surface area contributed by atoms with Gasteiger partial charge in [-0.25, -0.2) is 0 Å². The molecule has 4 nitrogen and oxygen atoms in total. The average molecular weight is 270 g/mol. The Morgan fingerprint density at radius 2 is 2.21 bits per heavy atom. The standard InChI is InChI=1S/C15H30N2O2/c1-4-6-16-14-11-19-10-13(14)8-17-7-5-12(2)15(9-17)18-3/h12-16H,4-11H2,1-3H3. The van der Waals surface area contributed by atoms with Crippen LogP contribution in [0, 0.1) is 11.8 Å². The Kier molecular flexibility index (Phi) is 6.07. The Morgan fingerprint density at radius 1 is 1.37 bits per heavy atom. The zero-order valence-electron chi connectivity index (χ0n) is 12.7. The van der Waals surface area contributed by atoms with E-state index >= 15 is 0 Å². The van der Waals surface area contributed by atoms with Gasteiger partial charge >= 0.3 is 0 Å². The van der Waals surface area contributed by atoms with Crippen molar-refractivity contribution in [3.05, 3.63) is 0 Å². The first kappa shape index (κ1) is 15.2. The summed E-state index contributed by atoms with van der Waals surface area (Å²) < 4.78 is 11.3. The summed E-state index contributed by atoms with van der Waals surface area (Å²) in [6, 6.07) is 0.542. The van der Waals surface area contributed by atoms with E-state index in [4.69, 9.17) is 9.47 Å². The van der Waals surface area contributed by atoms with Crippen LogP contribution in [-0.4, -0.2) is 63.5 Å². The van der Waals surface area contributed by atoms with Crippen LogP contribution in [0.2, 0.25) is 0 Å². The predicted octanol–water partition coefficient (Wildman–Crippen LogP) is 1.36. The fourth-order valence-corrected chi connectivity index (χ4v) is 3.24. The number of rotatable bonds is 6. The quantitative estimate of drug-likeness (QED) is 0.790. The van der Waals surface area contributed by atoms with Gasteiger partial charge in [-0.15, -0.1) is 0 Å². The molecule has 2 saturated heterocycles. The van der Waals surface area contributed by atoms with E-state index in [1.165, 1.54) is 19.4 Å². The number of hydrogen-bond donors (Lipinski definition) is 1. The molecule has 2 fully saturated rings. The van der Waals surface area contributed by atoms with E-state index < -0.39 is 0 Å². The molecule has 1 N–H and O–H groups in total. The molecule has 0 spiro atoms. The Balaban J connectivity index is 1.79. The lowest BCUT2D eigenvalue weighted by Crippen LogP contribution is -2.48. The molecule has 2 aliphatic rings. The van der Waals surface area contributed by atoms with Gasteiger partial charge in [-0.3, -0.25) is 0 Å². The van der Waals surface area contributed by atoms with Crippen LogP contribution >= 0.6 is 0 Å². The van der Waals surface area contributed by atoms with Crippen LogP contribution in [-0.2, 0) is 9.47 Å². The first-order valence-corrected chi connectivity index (χ1v) is 7.80.